The number of hydrogen-bond donors (Lipinski definition) is 2. The van der Waals surface area contributed by atoms with Gasteiger partial charge in [-0.15, -0.1) is 0 Å². The molecule has 0 atom stereocenters. The minimum atomic E-state index is -4.40. The van der Waals surface area contributed by atoms with Crippen LogP contribution in [-0.2, 0) is 12.6 Å². The molecule has 0 aliphatic rings. The maximum Gasteiger partial charge on any atom is 0.416 e. The molecule has 0 amide bonds. The van der Waals surface area contributed by atoms with Crippen LogP contribution in [0.2, 0.25) is 0 Å². The maximum atomic E-state index is 13.0. The van der Waals surface area contributed by atoms with E-state index in [1.807, 2.05) is 0 Å². The second-order valence-electron chi connectivity index (χ2n) is 5.06. The number of aromatic amines is 1. The average molecular weight is 318 g/mol. The molecule has 0 aliphatic carbocycles. The Morgan fingerprint density at radius 2 is 1.83 bits per heavy atom. The van der Waals surface area contributed by atoms with E-state index in [0.29, 0.717) is 22.9 Å². The third-order valence-corrected chi connectivity index (χ3v) is 3.36. The summed E-state index contributed by atoms with van der Waals surface area (Å²) in [5.41, 5.74) is 6.46. The lowest BCUT2D eigenvalue weighted by Gasteiger charge is -2.11. The Morgan fingerprint density at radius 1 is 1.04 bits per heavy atom. The van der Waals surface area contributed by atoms with E-state index in [9.17, 15) is 13.2 Å². The van der Waals surface area contributed by atoms with E-state index in [0.717, 1.165) is 6.07 Å². The lowest BCUT2D eigenvalue weighted by Crippen LogP contribution is -2.09. The maximum absolute atomic E-state index is 13.0. The highest BCUT2D eigenvalue weighted by atomic mass is 19.4. The number of benzene rings is 2. The van der Waals surface area contributed by atoms with E-state index in [1.54, 1.807) is 30.3 Å². The molecule has 118 valence electrons. The van der Waals surface area contributed by atoms with Gasteiger partial charge in [0.15, 0.2) is 5.82 Å². The largest absolute Gasteiger partial charge is 0.416 e. The van der Waals surface area contributed by atoms with Crippen LogP contribution in [0.3, 0.4) is 0 Å². The van der Waals surface area contributed by atoms with E-state index >= 15 is 0 Å². The molecule has 7 heteroatoms. The molecule has 0 aliphatic heterocycles. The Bertz CT molecular complexity index is 824. The van der Waals surface area contributed by atoms with Crippen molar-refractivity contribution in [2.75, 3.05) is 5.73 Å². The predicted octanol–water partition coefficient (Wildman–Crippen LogP) is 3.66. The number of nitrogens with two attached hydrogens (primary N) is 1. The van der Waals surface area contributed by atoms with Crippen molar-refractivity contribution in [3.05, 3.63) is 65.5 Å². The first-order valence-corrected chi connectivity index (χ1v) is 6.86. The molecule has 4 nitrogen and oxygen atoms in total. The SMILES string of the molecule is Nc1cccc(-c2n[nH]c(Cc3ccccc3C(F)(F)F)n2)c1. The zero-order valence-electron chi connectivity index (χ0n) is 11.9. The fourth-order valence-corrected chi connectivity index (χ4v) is 2.31. The number of hydrogen-bond acceptors (Lipinski definition) is 3. The lowest BCUT2D eigenvalue weighted by molar-refractivity contribution is -0.138. The van der Waals surface area contributed by atoms with Crippen LogP contribution < -0.4 is 5.73 Å². The number of nitrogens with one attached hydrogen (secondary N) is 1. The minimum Gasteiger partial charge on any atom is -0.399 e. The molecular weight excluding hydrogens is 305 g/mol. The quantitative estimate of drug-likeness (QED) is 0.724. The van der Waals surface area contributed by atoms with Gasteiger partial charge >= 0.3 is 6.18 Å². The molecule has 0 unspecified atom stereocenters. The first kappa shape index (κ1) is 15.1. The number of halogens is 3. The molecule has 3 N–H and O–H groups in total. The summed E-state index contributed by atoms with van der Waals surface area (Å²) in [5, 5.41) is 6.72. The van der Waals surface area contributed by atoms with E-state index in [1.165, 1.54) is 12.1 Å². The van der Waals surface area contributed by atoms with Crippen molar-refractivity contribution in [2.45, 2.75) is 12.6 Å². The topological polar surface area (TPSA) is 67.6 Å². The van der Waals surface area contributed by atoms with Crippen molar-refractivity contribution in [2.24, 2.45) is 0 Å². The molecule has 0 saturated heterocycles. The molecule has 1 aromatic heterocycles. The summed E-state index contributed by atoms with van der Waals surface area (Å²) >= 11 is 0. The van der Waals surface area contributed by atoms with Crippen molar-refractivity contribution in [1.29, 1.82) is 0 Å². The summed E-state index contributed by atoms with van der Waals surface area (Å²) in [6.07, 6.45) is -4.38. The van der Waals surface area contributed by atoms with Gasteiger partial charge in [-0.05, 0) is 23.8 Å². The second kappa shape index (κ2) is 5.75. The van der Waals surface area contributed by atoms with Gasteiger partial charge in [-0.3, -0.25) is 5.10 Å². The van der Waals surface area contributed by atoms with Gasteiger partial charge in [-0.1, -0.05) is 30.3 Å². The highest BCUT2D eigenvalue weighted by Gasteiger charge is 2.33. The summed E-state index contributed by atoms with van der Waals surface area (Å²) < 4.78 is 39.0. The van der Waals surface area contributed by atoms with E-state index in [4.69, 9.17) is 5.73 Å². The molecule has 0 bridgehead atoms. The fourth-order valence-electron chi connectivity index (χ4n) is 2.31. The third kappa shape index (κ3) is 3.33. The van der Waals surface area contributed by atoms with Crippen molar-refractivity contribution < 1.29 is 13.2 Å². The molecule has 3 rings (SSSR count). The van der Waals surface area contributed by atoms with Gasteiger partial charge in [0, 0.05) is 17.7 Å². The third-order valence-electron chi connectivity index (χ3n) is 3.36. The molecule has 23 heavy (non-hydrogen) atoms. The van der Waals surface area contributed by atoms with Gasteiger partial charge < -0.3 is 5.73 Å². The highest BCUT2D eigenvalue weighted by Crippen LogP contribution is 2.32. The number of H-pyrrole nitrogens is 1. The van der Waals surface area contributed by atoms with E-state index < -0.39 is 11.7 Å². The van der Waals surface area contributed by atoms with Gasteiger partial charge in [0.1, 0.15) is 5.82 Å². The van der Waals surface area contributed by atoms with Gasteiger partial charge in [0.25, 0.3) is 0 Å². The highest BCUT2D eigenvalue weighted by molar-refractivity contribution is 5.60. The van der Waals surface area contributed by atoms with Gasteiger partial charge in [-0.2, -0.15) is 18.3 Å². The number of nitrogens with zero attached hydrogens (tertiary/aromatic N) is 2. The van der Waals surface area contributed by atoms with Crippen LogP contribution in [0.5, 0.6) is 0 Å². The number of alkyl halides is 3. The zero-order chi connectivity index (χ0) is 16.4. The monoisotopic (exact) mass is 318 g/mol. The summed E-state index contributed by atoms with van der Waals surface area (Å²) in [6, 6.07) is 12.4. The Kier molecular flexibility index (Phi) is 3.77. The Morgan fingerprint density at radius 3 is 2.57 bits per heavy atom. The van der Waals surface area contributed by atoms with Crippen LogP contribution >= 0.6 is 0 Å². The molecule has 0 fully saturated rings. The van der Waals surface area contributed by atoms with Crippen molar-refractivity contribution in [1.82, 2.24) is 15.2 Å². The smallest absolute Gasteiger partial charge is 0.399 e. The molecule has 2 aromatic carbocycles. The molecule has 0 saturated carbocycles. The van der Waals surface area contributed by atoms with Crippen molar-refractivity contribution in [3.63, 3.8) is 0 Å². The molecule has 0 radical (unpaired) electrons. The summed E-state index contributed by atoms with van der Waals surface area (Å²) in [4.78, 5) is 4.25. The van der Waals surface area contributed by atoms with Crippen LogP contribution in [0.1, 0.15) is 17.0 Å². The number of rotatable bonds is 3. The van der Waals surface area contributed by atoms with Gasteiger partial charge in [0.05, 0.1) is 5.56 Å². The number of anilines is 1. The first-order valence-electron chi connectivity index (χ1n) is 6.86. The van der Waals surface area contributed by atoms with Crippen LogP contribution in [0, 0.1) is 0 Å². The molecule has 1 heterocycles. The standard InChI is InChI=1S/C16H13F3N4/c17-16(18,19)13-7-2-1-4-10(13)9-14-21-15(23-22-14)11-5-3-6-12(20)8-11/h1-8H,9,20H2,(H,21,22,23). The Hall–Kier alpha value is -2.83. The van der Waals surface area contributed by atoms with Crippen LogP contribution in [0.15, 0.2) is 48.5 Å². The average Bonchev–Trinajstić information content (AvgIpc) is 2.95. The van der Waals surface area contributed by atoms with Crippen molar-refractivity contribution >= 4 is 5.69 Å². The minimum absolute atomic E-state index is 0.0188. The van der Waals surface area contributed by atoms with Gasteiger partial charge in [-0.25, -0.2) is 4.98 Å². The predicted molar refractivity (Wildman–Crippen MR) is 80.5 cm³/mol. The van der Waals surface area contributed by atoms with Crippen LogP contribution in [0.4, 0.5) is 18.9 Å². The van der Waals surface area contributed by atoms with Crippen LogP contribution in [0.25, 0.3) is 11.4 Å². The van der Waals surface area contributed by atoms with E-state index in [2.05, 4.69) is 15.2 Å². The number of nitrogen functional groups attached to an aromatic ring is 1. The normalized spacial score (nSPS) is 11.6. The summed E-state index contributed by atoms with van der Waals surface area (Å²) in [5.74, 6) is 0.760. The fraction of sp³-hybridized carbons (Fsp3) is 0.125. The molecular formula is C16H13F3N4. The summed E-state index contributed by atoms with van der Waals surface area (Å²) in [7, 11) is 0. The number of aromatic nitrogens is 3. The molecule has 0 spiro atoms. The van der Waals surface area contributed by atoms with E-state index in [-0.39, 0.29) is 12.0 Å². The zero-order valence-corrected chi connectivity index (χ0v) is 11.9. The Balaban J connectivity index is 1.89. The second-order valence-corrected chi connectivity index (χ2v) is 5.06. The van der Waals surface area contributed by atoms with Gasteiger partial charge in [0.2, 0.25) is 0 Å². The molecule has 3 aromatic rings. The first-order chi connectivity index (χ1) is 10.9. The summed E-state index contributed by atoms with van der Waals surface area (Å²) in [6.45, 7) is 0. The van der Waals surface area contributed by atoms with Crippen LogP contribution in [-0.4, -0.2) is 15.2 Å². The van der Waals surface area contributed by atoms with Crippen molar-refractivity contribution in [3.8, 4) is 11.4 Å². The lowest BCUT2D eigenvalue weighted by atomic mass is 10.0. The Labute approximate surface area is 130 Å².